The van der Waals surface area contributed by atoms with Crippen molar-refractivity contribution in [2.75, 3.05) is 29.9 Å². The molecule has 1 aliphatic heterocycles. The first-order chi connectivity index (χ1) is 10.1. The molecule has 0 atom stereocenters. The predicted octanol–water partition coefficient (Wildman–Crippen LogP) is 3.62. The second kappa shape index (κ2) is 5.20. The van der Waals surface area contributed by atoms with Crippen LogP contribution in [-0.4, -0.2) is 25.9 Å². The highest BCUT2D eigenvalue weighted by Gasteiger charge is 2.23. The molecule has 108 valence electrons. The largest absolute Gasteiger partial charge is 0.371 e. The Morgan fingerprint density at radius 1 is 1.05 bits per heavy atom. The van der Waals surface area contributed by atoms with Crippen molar-refractivity contribution >= 4 is 22.8 Å². The SMILES string of the molecule is CC(=O)c1ccc(N2CCN(C)c3ccccc32)c(F)c1. The molecule has 0 radical (unpaired) electrons. The average Bonchev–Trinajstić information content (AvgIpc) is 2.48. The highest BCUT2D eigenvalue weighted by atomic mass is 19.1. The van der Waals surface area contributed by atoms with Gasteiger partial charge in [-0.25, -0.2) is 4.39 Å². The van der Waals surface area contributed by atoms with Crippen LogP contribution in [0.2, 0.25) is 0 Å². The third-order valence-corrected chi connectivity index (χ3v) is 3.89. The van der Waals surface area contributed by atoms with E-state index in [-0.39, 0.29) is 11.6 Å². The fourth-order valence-electron chi connectivity index (χ4n) is 2.70. The zero-order valence-electron chi connectivity index (χ0n) is 12.1. The van der Waals surface area contributed by atoms with E-state index in [9.17, 15) is 9.18 Å². The van der Waals surface area contributed by atoms with Crippen LogP contribution in [0.25, 0.3) is 0 Å². The van der Waals surface area contributed by atoms with E-state index < -0.39 is 0 Å². The molecule has 0 spiro atoms. The van der Waals surface area contributed by atoms with Gasteiger partial charge in [0.2, 0.25) is 0 Å². The molecule has 1 heterocycles. The molecule has 0 bridgehead atoms. The molecule has 3 nitrogen and oxygen atoms in total. The molecule has 21 heavy (non-hydrogen) atoms. The van der Waals surface area contributed by atoms with Crippen molar-refractivity contribution in [2.45, 2.75) is 6.92 Å². The molecule has 4 heteroatoms. The lowest BCUT2D eigenvalue weighted by atomic mass is 10.1. The molecule has 0 aromatic heterocycles. The zero-order valence-corrected chi connectivity index (χ0v) is 12.1. The summed E-state index contributed by atoms with van der Waals surface area (Å²) in [6.07, 6.45) is 0. The number of Topliss-reactive ketones (excluding diaryl/α,β-unsaturated/α-hetero) is 1. The van der Waals surface area contributed by atoms with Gasteiger partial charge in [-0.2, -0.15) is 0 Å². The summed E-state index contributed by atoms with van der Waals surface area (Å²) >= 11 is 0. The minimum Gasteiger partial charge on any atom is -0.371 e. The number of fused-ring (bicyclic) bond motifs is 1. The number of rotatable bonds is 2. The fourth-order valence-corrected chi connectivity index (χ4v) is 2.70. The average molecular weight is 284 g/mol. The van der Waals surface area contributed by atoms with Gasteiger partial charge in [0, 0.05) is 25.7 Å². The van der Waals surface area contributed by atoms with Gasteiger partial charge in [-0.1, -0.05) is 12.1 Å². The summed E-state index contributed by atoms with van der Waals surface area (Å²) in [5.74, 6) is -0.485. The number of carbonyl (C=O) groups is 1. The molecule has 3 rings (SSSR count). The number of likely N-dealkylation sites (N-methyl/N-ethyl adjacent to an activating group) is 1. The topological polar surface area (TPSA) is 23.6 Å². The van der Waals surface area contributed by atoms with Gasteiger partial charge >= 0.3 is 0 Å². The minimum absolute atomic E-state index is 0.126. The molecule has 0 amide bonds. The lowest BCUT2D eigenvalue weighted by molar-refractivity contribution is 0.101. The number of hydrogen-bond acceptors (Lipinski definition) is 3. The zero-order chi connectivity index (χ0) is 15.0. The van der Waals surface area contributed by atoms with E-state index in [4.69, 9.17) is 0 Å². The van der Waals surface area contributed by atoms with Crippen LogP contribution in [-0.2, 0) is 0 Å². The summed E-state index contributed by atoms with van der Waals surface area (Å²) in [5.41, 5.74) is 2.98. The number of nitrogens with zero attached hydrogens (tertiary/aromatic N) is 2. The number of benzene rings is 2. The molecule has 0 fully saturated rings. The number of ketones is 1. The van der Waals surface area contributed by atoms with Crippen LogP contribution in [0.1, 0.15) is 17.3 Å². The van der Waals surface area contributed by atoms with Crippen LogP contribution in [0, 0.1) is 5.82 Å². The molecule has 0 unspecified atom stereocenters. The van der Waals surface area contributed by atoms with Crippen molar-refractivity contribution in [3.8, 4) is 0 Å². The summed E-state index contributed by atoms with van der Waals surface area (Å²) < 4.78 is 14.4. The lowest BCUT2D eigenvalue weighted by Crippen LogP contribution is -2.36. The fraction of sp³-hybridized carbons (Fsp3) is 0.235. The normalized spacial score (nSPS) is 14.0. The Morgan fingerprint density at radius 3 is 2.43 bits per heavy atom. The summed E-state index contributed by atoms with van der Waals surface area (Å²) in [4.78, 5) is 15.5. The van der Waals surface area contributed by atoms with Crippen LogP contribution in [0.5, 0.6) is 0 Å². The number of carbonyl (C=O) groups excluding carboxylic acids is 1. The summed E-state index contributed by atoms with van der Waals surface area (Å²) in [7, 11) is 2.03. The van der Waals surface area contributed by atoms with Gasteiger partial charge in [-0.15, -0.1) is 0 Å². The highest BCUT2D eigenvalue weighted by molar-refractivity contribution is 5.94. The first-order valence-electron chi connectivity index (χ1n) is 6.96. The maximum absolute atomic E-state index is 14.4. The second-order valence-corrected chi connectivity index (χ2v) is 5.28. The Morgan fingerprint density at radius 2 is 1.76 bits per heavy atom. The number of anilines is 3. The molecule has 2 aromatic rings. The minimum atomic E-state index is -0.359. The predicted molar refractivity (Wildman–Crippen MR) is 83.1 cm³/mol. The summed E-state index contributed by atoms with van der Waals surface area (Å²) in [5, 5.41) is 0. The Kier molecular flexibility index (Phi) is 3.37. The van der Waals surface area contributed by atoms with Gasteiger partial charge in [0.15, 0.2) is 5.78 Å². The van der Waals surface area contributed by atoms with Crippen LogP contribution < -0.4 is 9.80 Å². The van der Waals surface area contributed by atoms with Crippen molar-refractivity contribution in [3.05, 3.63) is 53.8 Å². The third kappa shape index (κ3) is 2.37. The summed E-state index contributed by atoms with van der Waals surface area (Å²) in [6.45, 7) is 2.98. The van der Waals surface area contributed by atoms with E-state index in [1.165, 1.54) is 13.0 Å². The first-order valence-corrected chi connectivity index (χ1v) is 6.96. The van der Waals surface area contributed by atoms with Gasteiger partial charge in [0.25, 0.3) is 0 Å². The molecule has 0 aliphatic carbocycles. The van der Waals surface area contributed by atoms with Gasteiger partial charge in [-0.3, -0.25) is 4.79 Å². The van der Waals surface area contributed by atoms with E-state index in [1.807, 2.05) is 36.2 Å². The highest BCUT2D eigenvalue weighted by Crippen LogP contribution is 2.37. The van der Waals surface area contributed by atoms with Gasteiger partial charge < -0.3 is 9.80 Å². The Balaban J connectivity index is 2.06. The number of para-hydroxylation sites is 2. The van der Waals surface area contributed by atoms with Gasteiger partial charge in [0.05, 0.1) is 17.1 Å². The Labute approximate surface area is 123 Å². The van der Waals surface area contributed by atoms with Crippen LogP contribution in [0.3, 0.4) is 0 Å². The molecule has 1 aliphatic rings. The quantitative estimate of drug-likeness (QED) is 0.787. The molecular formula is C17H17FN2O. The van der Waals surface area contributed by atoms with E-state index in [0.29, 0.717) is 17.8 Å². The smallest absolute Gasteiger partial charge is 0.159 e. The first kappa shape index (κ1) is 13.6. The Bertz CT molecular complexity index is 699. The standard InChI is InChI=1S/C17H17FN2O/c1-12(21)13-7-8-15(14(18)11-13)20-10-9-19(2)16-5-3-4-6-17(16)20/h3-8,11H,9-10H2,1-2H3. The summed E-state index contributed by atoms with van der Waals surface area (Å²) in [6, 6.07) is 12.6. The van der Waals surface area contributed by atoms with Gasteiger partial charge in [0.1, 0.15) is 5.82 Å². The number of hydrogen-bond donors (Lipinski definition) is 0. The molecule has 0 saturated heterocycles. The van der Waals surface area contributed by atoms with Crippen molar-refractivity contribution in [2.24, 2.45) is 0 Å². The number of halogens is 1. The van der Waals surface area contributed by atoms with Crippen molar-refractivity contribution < 1.29 is 9.18 Å². The lowest BCUT2D eigenvalue weighted by Gasteiger charge is -2.37. The third-order valence-electron chi connectivity index (χ3n) is 3.89. The maximum atomic E-state index is 14.4. The van der Waals surface area contributed by atoms with Crippen molar-refractivity contribution in [3.63, 3.8) is 0 Å². The van der Waals surface area contributed by atoms with E-state index in [1.54, 1.807) is 12.1 Å². The van der Waals surface area contributed by atoms with Crippen molar-refractivity contribution in [1.29, 1.82) is 0 Å². The van der Waals surface area contributed by atoms with Crippen LogP contribution >= 0.6 is 0 Å². The molecule has 0 saturated carbocycles. The van der Waals surface area contributed by atoms with Gasteiger partial charge in [-0.05, 0) is 37.3 Å². The van der Waals surface area contributed by atoms with E-state index in [2.05, 4.69) is 4.90 Å². The van der Waals surface area contributed by atoms with E-state index in [0.717, 1.165) is 17.9 Å². The molecular weight excluding hydrogens is 267 g/mol. The van der Waals surface area contributed by atoms with Crippen LogP contribution in [0.15, 0.2) is 42.5 Å². The van der Waals surface area contributed by atoms with Crippen molar-refractivity contribution in [1.82, 2.24) is 0 Å². The second-order valence-electron chi connectivity index (χ2n) is 5.28. The maximum Gasteiger partial charge on any atom is 0.159 e. The molecule has 2 aromatic carbocycles. The Hall–Kier alpha value is -2.36. The molecule has 0 N–H and O–H groups in total. The van der Waals surface area contributed by atoms with Crippen LogP contribution in [0.4, 0.5) is 21.5 Å². The van der Waals surface area contributed by atoms with E-state index >= 15 is 0 Å². The monoisotopic (exact) mass is 284 g/mol.